The maximum atomic E-state index is 13.4. The topological polar surface area (TPSA) is 41.1 Å². The first-order valence-corrected chi connectivity index (χ1v) is 14.2. The zero-order valence-corrected chi connectivity index (χ0v) is 22.8. The molecule has 40 heavy (non-hydrogen) atoms. The maximum Gasteiger partial charge on any atom is 0.416 e. The molecule has 1 saturated carbocycles. The minimum absolute atomic E-state index is 0.363. The number of alkyl halides is 6. The Balaban J connectivity index is 1.23. The quantitative estimate of drug-likeness (QED) is 0.268. The van der Waals surface area contributed by atoms with Gasteiger partial charge in [-0.1, -0.05) is 17.7 Å². The first-order chi connectivity index (χ1) is 18.9. The molecular weight excluding hydrogens is 574 g/mol. The van der Waals surface area contributed by atoms with Crippen molar-refractivity contribution < 1.29 is 31.1 Å². The molecule has 0 unspecified atom stereocenters. The van der Waals surface area contributed by atoms with Crippen molar-refractivity contribution in [3.8, 4) is 0 Å². The third-order valence-electron chi connectivity index (χ3n) is 7.88. The lowest BCUT2D eigenvalue weighted by Gasteiger charge is -2.23. The fourth-order valence-electron chi connectivity index (χ4n) is 6.01. The van der Waals surface area contributed by atoms with Gasteiger partial charge in [0.1, 0.15) is 0 Å². The molecule has 2 aliphatic rings. The van der Waals surface area contributed by atoms with Gasteiger partial charge in [-0.25, -0.2) is 0 Å². The summed E-state index contributed by atoms with van der Waals surface area (Å²) in [5.41, 5.74) is -0.0250. The second-order valence-electron chi connectivity index (χ2n) is 10.5. The molecule has 0 saturated heterocycles. The zero-order valence-electron chi connectivity index (χ0n) is 21.3. The van der Waals surface area contributed by atoms with Gasteiger partial charge in [0.15, 0.2) is 0 Å². The van der Waals surface area contributed by atoms with E-state index in [9.17, 15) is 31.1 Å². The molecule has 3 nitrogen and oxygen atoms in total. The van der Waals surface area contributed by atoms with E-state index < -0.39 is 41.4 Å². The van der Waals surface area contributed by atoms with Gasteiger partial charge in [-0.3, -0.25) is 4.79 Å². The largest absolute Gasteiger partial charge is 0.416 e. The Labute approximate surface area is 236 Å². The lowest BCUT2D eigenvalue weighted by Crippen LogP contribution is -2.37. The average molecular weight is 601 g/mol. The normalized spacial score (nSPS) is 20.7. The van der Waals surface area contributed by atoms with Crippen molar-refractivity contribution in [3.63, 3.8) is 0 Å². The predicted octanol–water partition coefficient (Wildman–Crippen LogP) is 8.29. The summed E-state index contributed by atoms with van der Waals surface area (Å²) in [6.07, 6.45) is -6.46. The van der Waals surface area contributed by atoms with Gasteiger partial charge in [0.2, 0.25) is 5.91 Å². The number of rotatable bonds is 7. The smallest absolute Gasteiger partial charge is 0.326 e. The minimum atomic E-state index is -4.82. The molecule has 0 radical (unpaired) electrons. The van der Waals surface area contributed by atoms with E-state index in [2.05, 4.69) is 10.6 Å². The number of anilines is 1. The fraction of sp³-hybridized carbons (Fsp3) is 0.414. The van der Waals surface area contributed by atoms with Crippen LogP contribution in [0, 0.1) is 11.8 Å². The van der Waals surface area contributed by atoms with Gasteiger partial charge >= 0.3 is 12.4 Å². The summed E-state index contributed by atoms with van der Waals surface area (Å²) >= 11 is 7.62. The molecule has 0 aliphatic heterocycles. The Kier molecular flexibility index (Phi) is 8.23. The van der Waals surface area contributed by atoms with Crippen LogP contribution in [0.3, 0.4) is 0 Å². The standard InChI is InChI=1S/C29H27ClF6N2OS/c30-25-9-7-23(40-25)15-37-27-18-1-2-19(27)12-20-14-22(6-3-16(20)11-18)38-26(39)10-4-17-13-21(28(31,32)33)5-8-24(17)29(34,35)36/h3,5-9,13-14,18-19,27,37H,1-2,4,10-12,15H2,(H,38,39)/t18-,19+,27+/m0/s1. The lowest BCUT2D eigenvalue weighted by molar-refractivity contribution is -0.141. The molecule has 2 aromatic carbocycles. The van der Waals surface area contributed by atoms with Gasteiger partial charge in [-0.15, -0.1) is 11.3 Å². The number of carbonyl (C=O) groups excluding carboxylic acids is 1. The molecule has 0 spiro atoms. The van der Waals surface area contributed by atoms with Crippen LogP contribution in [0.15, 0.2) is 48.5 Å². The summed E-state index contributed by atoms with van der Waals surface area (Å²) in [7, 11) is 0. The first kappa shape index (κ1) is 29.0. The summed E-state index contributed by atoms with van der Waals surface area (Å²) in [6.45, 7) is 0.759. The predicted molar refractivity (Wildman–Crippen MR) is 143 cm³/mol. The molecule has 1 heterocycles. The maximum absolute atomic E-state index is 13.4. The summed E-state index contributed by atoms with van der Waals surface area (Å²) in [5.74, 6) is 0.376. The van der Waals surface area contributed by atoms with Gasteiger partial charge in [0.05, 0.1) is 15.5 Å². The highest BCUT2D eigenvalue weighted by molar-refractivity contribution is 7.16. The lowest BCUT2D eigenvalue weighted by atomic mass is 9.93. The molecule has 1 fully saturated rings. The van der Waals surface area contributed by atoms with Crippen molar-refractivity contribution in [1.82, 2.24) is 5.32 Å². The van der Waals surface area contributed by atoms with Crippen molar-refractivity contribution in [2.75, 3.05) is 5.32 Å². The summed E-state index contributed by atoms with van der Waals surface area (Å²) < 4.78 is 80.1. The number of amides is 1. The molecule has 1 amide bonds. The highest BCUT2D eigenvalue weighted by Gasteiger charge is 2.39. The second-order valence-corrected chi connectivity index (χ2v) is 12.3. The van der Waals surface area contributed by atoms with Crippen LogP contribution >= 0.6 is 22.9 Å². The van der Waals surface area contributed by atoms with Crippen LogP contribution in [0.5, 0.6) is 0 Å². The summed E-state index contributed by atoms with van der Waals surface area (Å²) in [5, 5.41) is 6.45. The van der Waals surface area contributed by atoms with E-state index in [-0.39, 0.29) is 6.42 Å². The van der Waals surface area contributed by atoms with Crippen LogP contribution in [0.25, 0.3) is 0 Å². The summed E-state index contributed by atoms with van der Waals surface area (Å²) in [6, 6.07) is 11.3. The Bertz CT molecular complexity index is 1390. The van der Waals surface area contributed by atoms with Crippen LogP contribution in [0.1, 0.15) is 52.0 Å². The van der Waals surface area contributed by atoms with Crippen molar-refractivity contribution in [2.24, 2.45) is 11.8 Å². The number of halogens is 7. The van der Waals surface area contributed by atoms with Gasteiger partial charge < -0.3 is 10.6 Å². The molecule has 2 aliphatic carbocycles. The van der Waals surface area contributed by atoms with Crippen LogP contribution in [0.4, 0.5) is 32.0 Å². The molecule has 214 valence electrons. The highest BCUT2D eigenvalue weighted by atomic mass is 35.5. The monoisotopic (exact) mass is 600 g/mol. The molecule has 2 bridgehead atoms. The Hall–Kier alpha value is -2.56. The number of fused-ring (bicyclic) bond motifs is 3. The van der Waals surface area contributed by atoms with Crippen LogP contribution < -0.4 is 10.6 Å². The van der Waals surface area contributed by atoms with E-state index in [1.165, 1.54) is 10.4 Å². The van der Waals surface area contributed by atoms with Crippen LogP contribution in [-0.2, 0) is 43.0 Å². The van der Waals surface area contributed by atoms with E-state index in [1.54, 1.807) is 17.4 Å². The third kappa shape index (κ3) is 6.66. The molecular formula is C29H27ClF6N2OS. The Morgan fingerprint density at radius 2 is 1.62 bits per heavy atom. The van der Waals surface area contributed by atoms with Crippen LogP contribution in [0.2, 0.25) is 4.34 Å². The number of hydrogen-bond acceptors (Lipinski definition) is 3. The van der Waals surface area contributed by atoms with Crippen molar-refractivity contribution >= 4 is 34.5 Å². The molecule has 11 heteroatoms. The first-order valence-electron chi connectivity index (χ1n) is 13.0. The number of carbonyl (C=O) groups is 1. The number of hydrogen-bond donors (Lipinski definition) is 2. The van der Waals surface area contributed by atoms with Crippen molar-refractivity contribution in [1.29, 1.82) is 0 Å². The molecule has 3 atom stereocenters. The molecule has 5 rings (SSSR count). The van der Waals surface area contributed by atoms with Gasteiger partial charge in [0.25, 0.3) is 0 Å². The van der Waals surface area contributed by atoms with Gasteiger partial charge in [0, 0.05) is 29.6 Å². The van der Waals surface area contributed by atoms with E-state index >= 15 is 0 Å². The van der Waals surface area contributed by atoms with Crippen molar-refractivity contribution in [2.45, 2.75) is 63.5 Å². The third-order valence-corrected chi connectivity index (χ3v) is 9.11. The summed E-state index contributed by atoms with van der Waals surface area (Å²) in [4.78, 5) is 13.8. The van der Waals surface area contributed by atoms with Crippen LogP contribution in [-0.4, -0.2) is 11.9 Å². The Morgan fingerprint density at radius 3 is 2.27 bits per heavy atom. The fourth-order valence-corrected chi connectivity index (χ4v) is 7.05. The van der Waals surface area contributed by atoms with E-state index in [4.69, 9.17) is 11.6 Å². The number of thiophene rings is 1. The minimum Gasteiger partial charge on any atom is -0.326 e. The van der Waals surface area contributed by atoms with E-state index in [1.807, 2.05) is 24.3 Å². The SMILES string of the molecule is O=C(CCc1cc(C(F)(F)F)ccc1C(F)(F)F)Nc1ccc2c(c1)C[C@H]1CC[C@@H](C2)[C@H]1NCc1ccc(Cl)s1. The molecule has 1 aromatic heterocycles. The van der Waals surface area contributed by atoms with E-state index in [0.29, 0.717) is 41.8 Å². The molecule has 2 N–H and O–H groups in total. The average Bonchev–Trinajstić information content (AvgIpc) is 3.41. The number of benzene rings is 2. The molecule has 3 aromatic rings. The number of aryl methyl sites for hydroxylation is 1. The zero-order chi connectivity index (χ0) is 28.7. The van der Waals surface area contributed by atoms with Gasteiger partial charge in [-0.2, -0.15) is 26.3 Å². The number of nitrogens with one attached hydrogen (secondary N) is 2. The van der Waals surface area contributed by atoms with Crippen molar-refractivity contribution in [3.05, 3.63) is 85.6 Å². The highest BCUT2D eigenvalue weighted by Crippen LogP contribution is 2.41. The van der Waals surface area contributed by atoms with Gasteiger partial charge in [-0.05, 0) is 103 Å². The Morgan fingerprint density at radius 1 is 0.900 bits per heavy atom. The van der Waals surface area contributed by atoms with E-state index in [0.717, 1.165) is 42.1 Å². The second kappa shape index (κ2) is 11.4.